The lowest BCUT2D eigenvalue weighted by molar-refractivity contribution is -0.146. The molecule has 1 aromatic carbocycles. The van der Waals surface area contributed by atoms with Crippen LogP contribution in [-0.2, 0) is 9.53 Å². The molecule has 0 unspecified atom stereocenters. The van der Waals surface area contributed by atoms with Crippen LogP contribution >= 0.6 is 0 Å². The van der Waals surface area contributed by atoms with Crippen molar-refractivity contribution in [3.8, 4) is 5.75 Å². The minimum absolute atomic E-state index is 0.0860. The molecule has 0 aliphatic heterocycles. The topological polar surface area (TPSA) is 55.8 Å². The lowest BCUT2D eigenvalue weighted by atomic mass is 9.68. The highest BCUT2D eigenvalue weighted by atomic mass is 19.1. The summed E-state index contributed by atoms with van der Waals surface area (Å²) >= 11 is 0. The van der Waals surface area contributed by atoms with E-state index < -0.39 is 5.97 Å². The van der Waals surface area contributed by atoms with E-state index in [2.05, 4.69) is 19.6 Å². The molecule has 4 rings (SSSR count). The third-order valence-electron chi connectivity index (χ3n) is 9.99. The molecule has 3 aliphatic carbocycles. The number of carbonyl (C=O) groups is 1. The second-order valence-corrected chi connectivity index (χ2v) is 12.7. The second-order valence-electron chi connectivity index (χ2n) is 12.7. The molecule has 0 atom stereocenters. The molecule has 3 saturated carbocycles. The van der Waals surface area contributed by atoms with Crippen molar-refractivity contribution < 1.29 is 23.8 Å². The van der Waals surface area contributed by atoms with E-state index in [-0.39, 0.29) is 24.1 Å². The number of benzene rings is 1. The number of aliphatic hydroxyl groups excluding tert-OH is 1. The Morgan fingerprint density at radius 2 is 1.56 bits per heavy atom. The molecule has 218 valence electrons. The van der Waals surface area contributed by atoms with E-state index in [0.29, 0.717) is 24.2 Å². The largest absolute Gasteiger partial charge is 0.490 e. The molecule has 0 heterocycles. The van der Waals surface area contributed by atoms with Crippen molar-refractivity contribution in [3.63, 3.8) is 0 Å². The standard InChI is InChI=1S/C34H51FO4/c1-3-4-5-6-25-7-11-27(12-8-25)28-13-15-29(16-14-28)30-17-20-33(32(35)21-30)38-23-26-9-18-31(19-10-26)39-34(37)24(2)22-36/h17,20-21,25-29,31,36H,2-16,18-19,22-23H2,1H3. The SMILES string of the molecule is C=C(CO)C(=O)OC1CCC(COc2ccc(C3CCC(C4CCC(CCCCC)CC4)CC3)cc2F)CC1. The zero-order valence-corrected chi connectivity index (χ0v) is 24.2. The van der Waals surface area contributed by atoms with Gasteiger partial charge in [-0.2, -0.15) is 0 Å². The summed E-state index contributed by atoms with van der Waals surface area (Å²) in [4.78, 5) is 11.8. The van der Waals surface area contributed by atoms with Crippen molar-refractivity contribution in [2.75, 3.05) is 13.2 Å². The van der Waals surface area contributed by atoms with Gasteiger partial charge >= 0.3 is 5.97 Å². The average molecular weight is 543 g/mol. The average Bonchev–Trinajstić information content (AvgIpc) is 2.97. The maximum atomic E-state index is 15.0. The van der Waals surface area contributed by atoms with Crippen LogP contribution in [-0.4, -0.2) is 30.4 Å². The van der Waals surface area contributed by atoms with Crippen molar-refractivity contribution in [1.29, 1.82) is 0 Å². The maximum Gasteiger partial charge on any atom is 0.336 e. The molecule has 4 nitrogen and oxygen atoms in total. The predicted molar refractivity (Wildman–Crippen MR) is 154 cm³/mol. The van der Waals surface area contributed by atoms with Crippen molar-refractivity contribution in [2.24, 2.45) is 23.7 Å². The quantitative estimate of drug-likeness (QED) is 0.163. The first-order valence-corrected chi connectivity index (χ1v) is 15.9. The normalized spacial score (nSPS) is 29.5. The third kappa shape index (κ3) is 8.80. The van der Waals surface area contributed by atoms with Crippen LogP contribution in [0.15, 0.2) is 30.4 Å². The van der Waals surface area contributed by atoms with Gasteiger partial charge in [-0.1, -0.05) is 58.1 Å². The minimum atomic E-state index is -0.520. The summed E-state index contributed by atoms with van der Waals surface area (Å²) in [6, 6.07) is 5.62. The molecule has 0 radical (unpaired) electrons. The molecule has 0 spiro atoms. The van der Waals surface area contributed by atoms with Crippen LogP contribution in [0, 0.1) is 29.5 Å². The fourth-order valence-corrected chi connectivity index (χ4v) is 7.37. The molecule has 3 aliphatic rings. The van der Waals surface area contributed by atoms with Crippen molar-refractivity contribution in [2.45, 2.75) is 122 Å². The van der Waals surface area contributed by atoms with Crippen LogP contribution in [0.2, 0.25) is 0 Å². The Kier molecular flexibility index (Phi) is 11.7. The molecular weight excluding hydrogens is 491 g/mol. The predicted octanol–water partition coefficient (Wildman–Crippen LogP) is 8.52. The van der Waals surface area contributed by atoms with Gasteiger partial charge in [0.25, 0.3) is 0 Å². The molecule has 3 fully saturated rings. The summed E-state index contributed by atoms with van der Waals surface area (Å²) in [6.45, 7) is 5.91. The third-order valence-corrected chi connectivity index (χ3v) is 9.99. The van der Waals surface area contributed by atoms with E-state index in [4.69, 9.17) is 14.6 Å². The van der Waals surface area contributed by atoms with Gasteiger partial charge in [-0.25, -0.2) is 9.18 Å². The number of hydrogen-bond acceptors (Lipinski definition) is 4. The Balaban J connectivity index is 1.16. The number of halogens is 1. The molecule has 0 saturated heterocycles. The van der Waals surface area contributed by atoms with Gasteiger partial charge in [-0.3, -0.25) is 0 Å². The van der Waals surface area contributed by atoms with Crippen LogP contribution in [0.25, 0.3) is 0 Å². The molecular formula is C34H51FO4. The Morgan fingerprint density at radius 1 is 0.923 bits per heavy atom. The minimum Gasteiger partial charge on any atom is -0.490 e. The van der Waals surface area contributed by atoms with Crippen LogP contribution in [0.5, 0.6) is 5.75 Å². The molecule has 0 amide bonds. The van der Waals surface area contributed by atoms with Crippen LogP contribution in [0.4, 0.5) is 4.39 Å². The number of ether oxygens (including phenoxy) is 2. The Labute approximate surface area is 235 Å². The Hall–Kier alpha value is -1.88. The lowest BCUT2D eigenvalue weighted by Gasteiger charge is -2.38. The Morgan fingerprint density at radius 3 is 2.18 bits per heavy atom. The van der Waals surface area contributed by atoms with Crippen LogP contribution in [0.3, 0.4) is 0 Å². The number of esters is 1. The van der Waals surface area contributed by atoms with Gasteiger partial charge in [0.05, 0.1) is 18.8 Å². The van der Waals surface area contributed by atoms with Gasteiger partial charge in [0.2, 0.25) is 0 Å². The molecule has 0 bridgehead atoms. The van der Waals surface area contributed by atoms with Crippen molar-refractivity contribution >= 4 is 5.97 Å². The first-order chi connectivity index (χ1) is 19.0. The second kappa shape index (κ2) is 15.2. The fraction of sp³-hybridized carbons (Fsp3) is 0.735. The summed E-state index contributed by atoms with van der Waals surface area (Å²) in [5.74, 6) is 3.13. The van der Waals surface area contributed by atoms with E-state index in [1.54, 1.807) is 6.07 Å². The van der Waals surface area contributed by atoms with E-state index >= 15 is 0 Å². The van der Waals surface area contributed by atoms with E-state index in [9.17, 15) is 9.18 Å². The highest BCUT2D eigenvalue weighted by Gasteiger charge is 2.31. The highest BCUT2D eigenvalue weighted by Crippen LogP contribution is 2.45. The number of hydrogen-bond donors (Lipinski definition) is 1. The van der Waals surface area contributed by atoms with Gasteiger partial charge in [0.1, 0.15) is 6.10 Å². The zero-order valence-electron chi connectivity index (χ0n) is 24.2. The molecule has 1 aromatic rings. The number of carbonyl (C=O) groups excluding carboxylic acids is 1. The molecule has 1 N–H and O–H groups in total. The summed E-state index contributed by atoms with van der Waals surface area (Å²) < 4.78 is 26.3. The maximum absolute atomic E-state index is 15.0. The van der Waals surface area contributed by atoms with E-state index in [1.165, 1.54) is 77.0 Å². The number of rotatable bonds is 12. The van der Waals surface area contributed by atoms with Crippen LogP contribution in [0.1, 0.15) is 121 Å². The molecule has 0 aromatic heterocycles. The first-order valence-electron chi connectivity index (χ1n) is 15.9. The molecule has 39 heavy (non-hydrogen) atoms. The summed E-state index contributed by atoms with van der Waals surface area (Å²) in [6.07, 6.45) is 19.4. The number of aliphatic hydroxyl groups is 1. The van der Waals surface area contributed by atoms with Crippen molar-refractivity contribution in [1.82, 2.24) is 0 Å². The Bertz CT molecular complexity index is 906. The molecule has 5 heteroatoms. The van der Waals surface area contributed by atoms with E-state index in [1.807, 2.05) is 6.07 Å². The zero-order chi connectivity index (χ0) is 27.6. The summed E-state index contributed by atoms with van der Waals surface area (Å²) in [5, 5.41) is 9.01. The van der Waals surface area contributed by atoms with Crippen LogP contribution < -0.4 is 4.74 Å². The highest BCUT2D eigenvalue weighted by molar-refractivity contribution is 5.88. The monoisotopic (exact) mass is 542 g/mol. The smallest absolute Gasteiger partial charge is 0.336 e. The van der Waals surface area contributed by atoms with Gasteiger partial charge < -0.3 is 14.6 Å². The van der Waals surface area contributed by atoms with E-state index in [0.717, 1.165) is 49.0 Å². The van der Waals surface area contributed by atoms with Crippen molar-refractivity contribution in [3.05, 3.63) is 41.7 Å². The fourth-order valence-electron chi connectivity index (χ4n) is 7.37. The number of unbranched alkanes of at least 4 members (excludes halogenated alkanes) is 2. The van der Waals surface area contributed by atoms with Gasteiger partial charge in [0.15, 0.2) is 11.6 Å². The van der Waals surface area contributed by atoms with Gasteiger partial charge in [-0.15, -0.1) is 0 Å². The first kappa shape index (κ1) is 30.1. The van der Waals surface area contributed by atoms with Gasteiger partial charge in [0, 0.05) is 0 Å². The summed E-state index contributed by atoms with van der Waals surface area (Å²) in [7, 11) is 0. The lowest BCUT2D eigenvalue weighted by Crippen LogP contribution is -2.27. The summed E-state index contributed by atoms with van der Waals surface area (Å²) in [5.41, 5.74) is 1.22. The van der Waals surface area contributed by atoms with Gasteiger partial charge in [-0.05, 0) is 111 Å².